The minimum absolute atomic E-state index is 0.0343. The van der Waals surface area contributed by atoms with Crippen molar-refractivity contribution in [3.63, 3.8) is 0 Å². The first-order valence-electron chi connectivity index (χ1n) is 10.6. The monoisotopic (exact) mass is 404 g/mol. The van der Waals surface area contributed by atoms with E-state index in [1.54, 1.807) is 0 Å². The van der Waals surface area contributed by atoms with Crippen molar-refractivity contribution in [3.8, 4) is 5.75 Å². The Hall–Kier alpha value is -3.05. The summed E-state index contributed by atoms with van der Waals surface area (Å²) in [5.74, 6) is 0.620. The highest BCUT2D eigenvalue weighted by atomic mass is 16.5. The van der Waals surface area contributed by atoms with Gasteiger partial charge in [-0.1, -0.05) is 42.5 Å². The average molecular weight is 405 g/mol. The molecule has 5 nitrogen and oxygen atoms in total. The summed E-state index contributed by atoms with van der Waals surface area (Å²) in [5, 5.41) is 5.20. The zero-order valence-electron chi connectivity index (χ0n) is 17.2. The number of morpholine rings is 1. The lowest BCUT2D eigenvalue weighted by atomic mass is 10.1. The van der Waals surface area contributed by atoms with Crippen molar-refractivity contribution < 1.29 is 14.3 Å². The van der Waals surface area contributed by atoms with E-state index in [9.17, 15) is 4.79 Å². The summed E-state index contributed by atoms with van der Waals surface area (Å²) in [6, 6.07) is 22.7. The molecule has 1 amide bonds. The van der Waals surface area contributed by atoms with Crippen molar-refractivity contribution in [3.05, 3.63) is 72.3 Å². The molecule has 1 fully saturated rings. The van der Waals surface area contributed by atoms with Crippen LogP contribution in [0.4, 0.5) is 5.69 Å². The number of anilines is 1. The zero-order valence-corrected chi connectivity index (χ0v) is 17.2. The first-order chi connectivity index (χ1) is 14.8. The standard InChI is InChI=1S/C25H28N2O3/c28-25(19-30-24-12-9-21-5-1-2-6-22(21)18-24)26-13-3-4-20-7-10-23(11-8-20)27-14-16-29-17-15-27/h1-2,5-12,18H,3-4,13-17,19H2,(H,26,28). The largest absolute Gasteiger partial charge is 0.484 e. The third-order valence-electron chi connectivity index (χ3n) is 5.37. The first-order valence-corrected chi connectivity index (χ1v) is 10.6. The van der Waals surface area contributed by atoms with Crippen LogP contribution in [0.5, 0.6) is 5.75 Å². The second-order valence-electron chi connectivity index (χ2n) is 7.52. The van der Waals surface area contributed by atoms with Crippen molar-refractivity contribution in [2.75, 3.05) is 44.4 Å². The van der Waals surface area contributed by atoms with E-state index in [-0.39, 0.29) is 12.5 Å². The fraction of sp³-hybridized carbons (Fsp3) is 0.320. The molecule has 0 aromatic heterocycles. The second kappa shape index (κ2) is 10.1. The zero-order chi connectivity index (χ0) is 20.6. The van der Waals surface area contributed by atoms with Gasteiger partial charge in [0.1, 0.15) is 5.75 Å². The Morgan fingerprint density at radius 3 is 2.53 bits per heavy atom. The summed E-state index contributed by atoms with van der Waals surface area (Å²) < 4.78 is 11.0. The van der Waals surface area contributed by atoms with Crippen LogP contribution >= 0.6 is 0 Å². The number of ether oxygens (including phenoxy) is 2. The maximum Gasteiger partial charge on any atom is 0.257 e. The van der Waals surface area contributed by atoms with E-state index < -0.39 is 0 Å². The summed E-state index contributed by atoms with van der Waals surface area (Å²) in [6.07, 6.45) is 1.84. The fourth-order valence-electron chi connectivity index (χ4n) is 3.67. The molecule has 0 saturated carbocycles. The second-order valence-corrected chi connectivity index (χ2v) is 7.52. The van der Waals surface area contributed by atoms with Gasteiger partial charge in [-0.05, 0) is 53.4 Å². The molecule has 156 valence electrons. The quantitative estimate of drug-likeness (QED) is 0.580. The number of aryl methyl sites for hydroxylation is 1. The molecule has 0 unspecified atom stereocenters. The summed E-state index contributed by atoms with van der Waals surface area (Å²) in [5.41, 5.74) is 2.54. The van der Waals surface area contributed by atoms with Crippen LogP contribution in [0.15, 0.2) is 66.7 Å². The number of rotatable bonds is 8. The summed E-state index contributed by atoms with van der Waals surface area (Å²) >= 11 is 0. The highest BCUT2D eigenvalue weighted by Crippen LogP contribution is 2.20. The molecule has 1 N–H and O–H groups in total. The maximum absolute atomic E-state index is 12.1. The number of hydrogen-bond donors (Lipinski definition) is 1. The third kappa shape index (κ3) is 5.51. The molecule has 1 heterocycles. The summed E-state index contributed by atoms with van der Waals surface area (Å²) in [6.45, 7) is 4.18. The molecule has 0 aliphatic carbocycles. The first kappa shape index (κ1) is 20.2. The number of nitrogens with zero attached hydrogens (tertiary/aromatic N) is 1. The van der Waals surface area contributed by atoms with Crippen LogP contribution in [0.3, 0.4) is 0 Å². The molecular formula is C25H28N2O3. The fourth-order valence-corrected chi connectivity index (χ4v) is 3.67. The minimum atomic E-state index is -0.0918. The van der Waals surface area contributed by atoms with Crippen molar-refractivity contribution >= 4 is 22.4 Å². The molecule has 5 heteroatoms. The number of hydrogen-bond acceptors (Lipinski definition) is 4. The number of nitrogens with one attached hydrogen (secondary N) is 1. The Morgan fingerprint density at radius 2 is 1.73 bits per heavy atom. The molecule has 30 heavy (non-hydrogen) atoms. The molecule has 0 radical (unpaired) electrons. The molecule has 4 rings (SSSR count). The van der Waals surface area contributed by atoms with Crippen molar-refractivity contribution in [1.29, 1.82) is 0 Å². The Balaban J connectivity index is 1.15. The van der Waals surface area contributed by atoms with Crippen LogP contribution in [-0.2, 0) is 16.0 Å². The Bertz CT molecular complexity index is 966. The van der Waals surface area contributed by atoms with Gasteiger partial charge in [0.2, 0.25) is 0 Å². The number of carbonyl (C=O) groups is 1. The molecule has 1 aliphatic heterocycles. The smallest absolute Gasteiger partial charge is 0.257 e. The van der Waals surface area contributed by atoms with Crippen molar-refractivity contribution in [2.45, 2.75) is 12.8 Å². The average Bonchev–Trinajstić information content (AvgIpc) is 2.81. The molecule has 1 aliphatic rings. The van der Waals surface area contributed by atoms with Gasteiger partial charge in [-0.2, -0.15) is 0 Å². The van der Waals surface area contributed by atoms with Gasteiger partial charge in [0.05, 0.1) is 13.2 Å². The molecule has 3 aromatic carbocycles. The SMILES string of the molecule is O=C(COc1ccc2ccccc2c1)NCCCc1ccc(N2CCOCC2)cc1. The highest BCUT2D eigenvalue weighted by molar-refractivity contribution is 5.84. The molecular weight excluding hydrogens is 376 g/mol. The van der Waals surface area contributed by atoms with Crippen LogP contribution in [0.1, 0.15) is 12.0 Å². The lowest BCUT2D eigenvalue weighted by Crippen LogP contribution is -2.36. The third-order valence-corrected chi connectivity index (χ3v) is 5.37. The number of carbonyl (C=O) groups excluding carboxylic acids is 1. The molecule has 0 bridgehead atoms. The summed E-state index contributed by atoms with van der Waals surface area (Å²) in [7, 11) is 0. The van der Waals surface area contributed by atoms with E-state index in [0.29, 0.717) is 12.3 Å². The van der Waals surface area contributed by atoms with Crippen LogP contribution in [0, 0.1) is 0 Å². The Kier molecular flexibility index (Phi) is 6.83. The Labute approximate surface area is 177 Å². The van der Waals surface area contributed by atoms with Crippen molar-refractivity contribution in [1.82, 2.24) is 5.32 Å². The van der Waals surface area contributed by atoms with Gasteiger partial charge in [0.25, 0.3) is 5.91 Å². The van der Waals surface area contributed by atoms with Gasteiger partial charge in [0.15, 0.2) is 6.61 Å². The van der Waals surface area contributed by atoms with E-state index in [1.807, 2.05) is 36.4 Å². The van der Waals surface area contributed by atoms with E-state index in [4.69, 9.17) is 9.47 Å². The van der Waals surface area contributed by atoms with Gasteiger partial charge in [-0.15, -0.1) is 0 Å². The predicted octanol–water partition coefficient (Wildman–Crippen LogP) is 3.80. The molecule has 0 atom stereocenters. The molecule has 3 aromatic rings. The number of benzene rings is 3. The normalized spacial score (nSPS) is 13.9. The van der Waals surface area contributed by atoms with E-state index in [1.165, 1.54) is 11.3 Å². The number of fused-ring (bicyclic) bond motifs is 1. The van der Waals surface area contributed by atoms with Gasteiger partial charge in [-0.3, -0.25) is 4.79 Å². The lowest BCUT2D eigenvalue weighted by molar-refractivity contribution is -0.123. The minimum Gasteiger partial charge on any atom is -0.484 e. The van der Waals surface area contributed by atoms with E-state index in [0.717, 1.165) is 49.9 Å². The van der Waals surface area contributed by atoms with E-state index in [2.05, 4.69) is 40.5 Å². The lowest BCUT2D eigenvalue weighted by Gasteiger charge is -2.28. The number of amides is 1. The summed E-state index contributed by atoms with van der Waals surface area (Å²) in [4.78, 5) is 14.4. The van der Waals surface area contributed by atoms with Gasteiger partial charge >= 0.3 is 0 Å². The van der Waals surface area contributed by atoms with Crippen molar-refractivity contribution in [2.24, 2.45) is 0 Å². The van der Waals surface area contributed by atoms with Crippen LogP contribution < -0.4 is 15.0 Å². The van der Waals surface area contributed by atoms with Gasteiger partial charge < -0.3 is 19.7 Å². The maximum atomic E-state index is 12.1. The van der Waals surface area contributed by atoms with Gasteiger partial charge in [-0.25, -0.2) is 0 Å². The van der Waals surface area contributed by atoms with Crippen LogP contribution in [0.25, 0.3) is 10.8 Å². The highest BCUT2D eigenvalue weighted by Gasteiger charge is 2.10. The molecule has 0 spiro atoms. The van der Waals surface area contributed by atoms with Gasteiger partial charge in [0, 0.05) is 25.3 Å². The predicted molar refractivity (Wildman–Crippen MR) is 120 cm³/mol. The van der Waals surface area contributed by atoms with Crippen LogP contribution in [0.2, 0.25) is 0 Å². The molecule has 1 saturated heterocycles. The van der Waals surface area contributed by atoms with Crippen LogP contribution in [-0.4, -0.2) is 45.4 Å². The topological polar surface area (TPSA) is 50.8 Å². The van der Waals surface area contributed by atoms with E-state index >= 15 is 0 Å². The Morgan fingerprint density at radius 1 is 0.967 bits per heavy atom.